The Balaban J connectivity index is 1.89. The van der Waals surface area contributed by atoms with E-state index in [1.807, 2.05) is 54.6 Å². The highest BCUT2D eigenvalue weighted by molar-refractivity contribution is 6.30. The highest BCUT2D eigenvalue weighted by Crippen LogP contribution is 2.11. The lowest BCUT2D eigenvalue weighted by atomic mass is 10.1. The second-order valence-electron chi connectivity index (χ2n) is 5.23. The number of benzene rings is 2. The molecule has 0 bridgehead atoms. The molecule has 1 N–H and O–H groups in total. The van der Waals surface area contributed by atoms with Crippen LogP contribution in [0.4, 0.5) is 5.69 Å². The molecule has 2 aromatic rings. The first-order valence-corrected chi connectivity index (χ1v) is 7.77. The van der Waals surface area contributed by atoms with Gasteiger partial charge < -0.3 is 10.2 Å². The summed E-state index contributed by atoms with van der Waals surface area (Å²) in [7, 11) is 0. The maximum atomic E-state index is 12.1. The monoisotopic (exact) mass is 330 g/mol. The molecule has 2 rings (SSSR count). The van der Waals surface area contributed by atoms with Crippen molar-refractivity contribution < 1.29 is 9.59 Å². The normalized spacial score (nSPS) is 10.2. The van der Waals surface area contributed by atoms with Crippen molar-refractivity contribution in [3.05, 3.63) is 65.2 Å². The molecule has 0 heterocycles. The molecule has 2 aromatic carbocycles. The van der Waals surface area contributed by atoms with Crippen LogP contribution in [0.5, 0.6) is 0 Å². The van der Waals surface area contributed by atoms with Gasteiger partial charge in [-0.05, 0) is 36.2 Å². The van der Waals surface area contributed by atoms with Gasteiger partial charge in [-0.1, -0.05) is 41.9 Å². The lowest BCUT2D eigenvalue weighted by molar-refractivity contribution is -0.132. The van der Waals surface area contributed by atoms with Gasteiger partial charge in [-0.2, -0.15) is 0 Å². The summed E-state index contributed by atoms with van der Waals surface area (Å²) in [6, 6.07) is 16.7. The number of carbonyl (C=O) groups excluding carboxylic acids is 2. The second-order valence-corrected chi connectivity index (χ2v) is 5.67. The van der Waals surface area contributed by atoms with Gasteiger partial charge in [0.1, 0.15) is 0 Å². The summed E-state index contributed by atoms with van der Waals surface area (Å²) in [6.45, 7) is 1.99. The number of rotatable bonds is 6. The van der Waals surface area contributed by atoms with E-state index in [2.05, 4.69) is 5.32 Å². The Morgan fingerprint density at radius 1 is 1.04 bits per heavy atom. The third-order valence-corrected chi connectivity index (χ3v) is 3.67. The fraction of sp³-hybridized carbons (Fsp3) is 0.222. The van der Waals surface area contributed by atoms with Crippen LogP contribution in [-0.4, -0.2) is 29.8 Å². The van der Waals surface area contributed by atoms with E-state index in [0.29, 0.717) is 18.0 Å². The molecule has 0 spiro atoms. The van der Waals surface area contributed by atoms with Crippen molar-refractivity contribution >= 4 is 29.1 Å². The van der Waals surface area contributed by atoms with Crippen molar-refractivity contribution in [2.24, 2.45) is 0 Å². The van der Waals surface area contributed by atoms with Gasteiger partial charge in [0.2, 0.25) is 11.8 Å². The third-order valence-electron chi connectivity index (χ3n) is 3.42. The average Bonchev–Trinajstić information content (AvgIpc) is 2.53. The summed E-state index contributed by atoms with van der Waals surface area (Å²) in [4.78, 5) is 25.3. The summed E-state index contributed by atoms with van der Waals surface area (Å²) in [5, 5.41) is 3.46. The van der Waals surface area contributed by atoms with Crippen molar-refractivity contribution in [3.63, 3.8) is 0 Å². The maximum Gasteiger partial charge on any atom is 0.243 e. The number of nitrogens with one attached hydrogen (secondary N) is 1. The number of para-hydroxylation sites is 1. The van der Waals surface area contributed by atoms with E-state index < -0.39 is 0 Å². The van der Waals surface area contributed by atoms with Gasteiger partial charge in [0, 0.05) is 24.2 Å². The zero-order valence-electron chi connectivity index (χ0n) is 13.0. The molecule has 0 unspecified atom stereocenters. The van der Waals surface area contributed by atoms with Crippen LogP contribution in [-0.2, 0) is 16.0 Å². The molecular weight excluding hydrogens is 312 g/mol. The molecular formula is C18H19ClN2O2. The van der Waals surface area contributed by atoms with E-state index in [1.54, 1.807) is 0 Å². The Morgan fingerprint density at radius 3 is 2.30 bits per heavy atom. The Labute approximate surface area is 141 Å². The van der Waals surface area contributed by atoms with Crippen molar-refractivity contribution in [2.75, 3.05) is 18.4 Å². The number of nitrogens with zero attached hydrogens (tertiary/aromatic N) is 1. The van der Waals surface area contributed by atoms with Crippen molar-refractivity contribution in [1.82, 2.24) is 4.90 Å². The standard InChI is InChI=1S/C18H19ClN2O2/c1-14(22)21(12-11-15-7-9-16(19)10-8-15)13-18(23)20-17-5-3-2-4-6-17/h2-10H,11-13H2,1H3,(H,20,23). The fourth-order valence-electron chi connectivity index (χ4n) is 2.16. The number of hydrogen-bond acceptors (Lipinski definition) is 2. The number of carbonyl (C=O) groups is 2. The molecule has 0 atom stereocenters. The summed E-state index contributed by atoms with van der Waals surface area (Å²) in [6.07, 6.45) is 0.676. The Bertz CT molecular complexity index is 656. The van der Waals surface area contributed by atoms with E-state index in [0.717, 1.165) is 11.3 Å². The van der Waals surface area contributed by atoms with Crippen molar-refractivity contribution in [1.29, 1.82) is 0 Å². The minimum absolute atomic E-state index is 0.0395. The molecule has 0 aliphatic rings. The van der Waals surface area contributed by atoms with Crippen LogP contribution in [0.3, 0.4) is 0 Å². The van der Waals surface area contributed by atoms with Crippen molar-refractivity contribution in [3.8, 4) is 0 Å². The molecule has 0 saturated heterocycles. The van der Waals surface area contributed by atoms with Crippen LogP contribution >= 0.6 is 11.6 Å². The number of amides is 2. The van der Waals surface area contributed by atoms with Gasteiger partial charge in [0.05, 0.1) is 6.54 Å². The summed E-state index contributed by atoms with van der Waals surface area (Å²) < 4.78 is 0. The van der Waals surface area contributed by atoms with Gasteiger partial charge in [-0.3, -0.25) is 9.59 Å². The molecule has 2 amide bonds. The summed E-state index contributed by atoms with van der Waals surface area (Å²) in [5.74, 6) is -0.329. The van der Waals surface area contributed by atoms with Crippen LogP contribution < -0.4 is 5.32 Å². The van der Waals surface area contributed by atoms with Crippen LogP contribution in [0, 0.1) is 0 Å². The van der Waals surface area contributed by atoms with Gasteiger partial charge in [-0.25, -0.2) is 0 Å². The van der Waals surface area contributed by atoms with Crippen molar-refractivity contribution in [2.45, 2.75) is 13.3 Å². The summed E-state index contributed by atoms with van der Waals surface area (Å²) in [5.41, 5.74) is 1.79. The second kappa shape index (κ2) is 8.34. The molecule has 0 aliphatic carbocycles. The minimum Gasteiger partial charge on any atom is -0.333 e. The number of anilines is 1. The first-order valence-electron chi connectivity index (χ1n) is 7.39. The molecule has 5 heteroatoms. The SMILES string of the molecule is CC(=O)N(CCc1ccc(Cl)cc1)CC(=O)Nc1ccccc1. The summed E-state index contributed by atoms with van der Waals surface area (Å²) >= 11 is 5.85. The highest BCUT2D eigenvalue weighted by Gasteiger charge is 2.13. The van der Waals surface area contributed by atoms with Gasteiger partial charge in [-0.15, -0.1) is 0 Å². The molecule has 23 heavy (non-hydrogen) atoms. The average molecular weight is 331 g/mol. The van der Waals surface area contributed by atoms with E-state index in [9.17, 15) is 9.59 Å². The lowest BCUT2D eigenvalue weighted by Crippen LogP contribution is -2.37. The largest absolute Gasteiger partial charge is 0.333 e. The molecule has 4 nitrogen and oxygen atoms in total. The quantitative estimate of drug-likeness (QED) is 0.882. The Kier molecular flexibility index (Phi) is 6.18. The molecule has 120 valence electrons. The minimum atomic E-state index is -0.206. The van der Waals surface area contributed by atoms with E-state index in [-0.39, 0.29) is 18.4 Å². The zero-order chi connectivity index (χ0) is 16.7. The third kappa shape index (κ3) is 5.75. The molecule has 0 aromatic heterocycles. The fourth-order valence-corrected chi connectivity index (χ4v) is 2.28. The topological polar surface area (TPSA) is 49.4 Å². The Morgan fingerprint density at radius 2 is 1.70 bits per heavy atom. The molecule has 0 aliphatic heterocycles. The molecule has 0 fully saturated rings. The van der Waals surface area contributed by atoms with Crippen LogP contribution in [0.1, 0.15) is 12.5 Å². The van der Waals surface area contributed by atoms with Gasteiger partial charge in [0.15, 0.2) is 0 Å². The van der Waals surface area contributed by atoms with Crippen LogP contribution in [0.2, 0.25) is 5.02 Å². The molecule has 0 radical (unpaired) electrons. The zero-order valence-corrected chi connectivity index (χ0v) is 13.7. The predicted octanol–water partition coefficient (Wildman–Crippen LogP) is 3.37. The van der Waals surface area contributed by atoms with E-state index >= 15 is 0 Å². The lowest BCUT2D eigenvalue weighted by Gasteiger charge is -2.20. The Hall–Kier alpha value is -2.33. The van der Waals surface area contributed by atoms with Crippen LogP contribution in [0.15, 0.2) is 54.6 Å². The predicted molar refractivity (Wildman–Crippen MR) is 92.5 cm³/mol. The first-order chi connectivity index (χ1) is 11.0. The highest BCUT2D eigenvalue weighted by atomic mass is 35.5. The van der Waals surface area contributed by atoms with Gasteiger partial charge in [0.25, 0.3) is 0 Å². The number of halogens is 1. The van der Waals surface area contributed by atoms with Gasteiger partial charge >= 0.3 is 0 Å². The number of hydrogen-bond donors (Lipinski definition) is 1. The first kappa shape index (κ1) is 17.0. The smallest absolute Gasteiger partial charge is 0.243 e. The van der Waals surface area contributed by atoms with Crippen LogP contribution in [0.25, 0.3) is 0 Å². The van der Waals surface area contributed by atoms with E-state index in [4.69, 9.17) is 11.6 Å². The van der Waals surface area contributed by atoms with E-state index in [1.165, 1.54) is 11.8 Å². The maximum absolute atomic E-state index is 12.1. The molecule has 0 saturated carbocycles.